The first-order valence-electron chi connectivity index (χ1n) is 11.0. The summed E-state index contributed by atoms with van der Waals surface area (Å²) in [5.41, 5.74) is 1.83. The Morgan fingerprint density at radius 3 is 2.38 bits per heavy atom. The molecule has 172 valence electrons. The second-order valence-electron chi connectivity index (χ2n) is 8.14. The summed E-state index contributed by atoms with van der Waals surface area (Å²) in [4.78, 5) is 27.6. The summed E-state index contributed by atoms with van der Waals surface area (Å²) in [6.07, 6.45) is 0.523. The first-order valence-corrected chi connectivity index (χ1v) is 11.0. The van der Waals surface area contributed by atoms with Gasteiger partial charge < -0.3 is 19.5 Å². The Kier molecular flexibility index (Phi) is 5.76. The third kappa shape index (κ3) is 4.01. The molecule has 7 heteroatoms. The van der Waals surface area contributed by atoms with E-state index in [1.54, 1.807) is 18.2 Å². The minimum atomic E-state index is -0.850. The Balaban J connectivity index is 1.57. The van der Waals surface area contributed by atoms with Gasteiger partial charge in [-0.15, -0.1) is 0 Å². The Bertz CT molecular complexity index is 1270. The lowest BCUT2D eigenvalue weighted by Gasteiger charge is -2.25. The van der Waals surface area contributed by atoms with Crippen molar-refractivity contribution in [1.82, 2.24) is 4.90 Å². The molecule has 1 atom stereocenters. The quantitative estimate of drug-likeness (QED) is 0.351. The summed E-state index contributed by atoms with van der Waals surface area (Å²) < 4.78 is 24.8. The highest BCUT2D eigenvalue weighted by molar-refractivity contribution is 6.46. The molecule has 0 bridgehead atoms. The number of benzene rings is 3. The second kappa shape index (κ2) is 9.02. The van der Waals surface area contributed by atoms with Crippen molar-refractivity contribution >= 4 is 17.4 Å². The number of hydrogen-bond donors (Lipinski definition) is 1. The van der Waals surface area contributed by atoms with Gasteiger partial charge in [-0.2, -0.15) is 0 Å². The number of ether oxygens (including phenoxy) is 2. The second-order valence-corrected chi connectivity index (χ2v) is 8.14. The minimum Gasteiger partial charge on any atom is -0.507 e. The van der Waals surface area contributed by atoms with Crippen molar-refractivity contribution in [3.8, 4) is 11.5 Å². The van der Waals surface area contributed by atoms with Gasteiger partial charge in [-0.3, -0.25) is 9.59 Å². The molecule has 5 rings (SSSR count). The molecule has 6 nitrogen and oxygen atoms in total. The van der Waals surface area contributed by atoms with Crippen molar-refractivity contribution in [3.05, 3.63) is 101 Å². The molecule has 1 N–H and O–H groups in total. The number of ketones is 1. The third-order valence-corrected chi connectivity index (χ3v) is 6.03. The Hall–Kier alpha value is -4.13. The summed E-state index contributed by atoms with van der Waals surface area (Å²) in [6, 6.07) is 19.2. The first-order chi connectivity index (χ1) is 16.5. The number of carbonyl (C=O) groups excluding carboxylic acids is 2. The van der Waals surface area contributed by atoms with Crippen LogP contribution < -0.4 is 9.47 Å². The zero-order valence-corrected chi connectivity index (χ0v) is 18.2. The van der Waals surface area contributed by atoms with E-state index in [0.717, 1.165) is 5.56 Å². The number of rotatable bonds is 5. The van der Waals surface area contributed by atoms with E-state index in [1.807, 2.05) is 30.3 Å². The average molecular weight is 459 g/mol. The van der Waals surface area contributed by atoms with Crippen LogP contribution in [0.15, 0.2) is 78.4 Å². The number of nitrogens with zero attached hydrogens (tertiary/aromatic N) is 1. The molecule has 1 amide bonds. The maximum absolute atomic E-state index is 13.6. The topological polar surface area (TPSA) is 76.1 Å². The van der Waals surface area contributed by atoms with Crippen LogP contribution in [0.25, 0.3) is 5.76 Å². The van der Waals surface area contributed by atoms with Gasteiger partial charge in [0.1, 0.15) is 24.8 Å². The molecule has 2 heterocycles. The van der Waals surface area contributed by atoms with Crippen molar-refractivity contribution in [2.45, 2.75) is 12.5 Å². The van der Waals surface area contributed by atoms with Crippen LogP contribution in [0.5, 0.6) is 11.5 Å². The van der Waals surface area contributed by atoms with Gasteiger partial charge in [0.05, 0.1) is 11.6 Å². The molecule has 0 spiro atoms. The van der Waals surface area contributed by atoms with Crippen LogP contribution in [0.4, 0.5) is 4.39 Å². The molecule has 0 aliphatic carbocycles. The molecular weight excluding hydrogens is 437 g/mol. The first kappa shape index (κ1) is 21.7. The Labute approximate surface area is 195 Å². The SMILES string of the molecule is O=C1C(=O)N(CCc2ccccc2)[C@H](c2ccc(F)cc2)C1=C(O)c1ccc2c(c1)OCCO2. The van der Waals surface area contributed by atoms with Crippen molar-refractivity contribution < 1.29 is 28.6 Å². The molecule has 3 aromatic rings. The van der Waals surface area contributed by atoms with Crippen molar-refractivity contribution in [1.29, 1.82) is 0 Å². The number of aliphatic hydroxyl groups excluding tert-OH is 1. The Morgan fingerprint density at radius 2 is 1.65 bits per heavy atom. The predicted octanol–water partition coefficient (Wildman–Crippen LogP) is 4.26. The van der Waals surface area contributed by atoms with Gasteiger partial charge in [0.25, 0.3) is 11.7 Å². The van der Waals surface area contributed by atoms with Crippen LogP contribution in [0.1, 0.15) is 22.7 Å². The third-order valence-electron chi connectivity index (χ3n) is 6.03. The van der Waals surface area contributed by atoms with Crippen LogP contribution in [0, 0.1) is 5.82 Å². The van der Waals surface area contributed by atoms with E-state index in [2.05, 4.69) is 0 Å². The molecule has 2 aliphatic heterocycles. The predicted molar refractivity (Wildman–Crippen MR) is 123 cm³/mol. The van der Waals surface area contributed by atoms with E-state index >= 15 is 0 Å². The molecule has 0 radical (unpaired) electrons. The molecule has 0 saturated carbocycles. The Morgan fingerprint density at radius 1 is 0.941 bits per heavy atom. The molecule has 0 aromatic heterocycles. The van der Waals surface area contributed by atoms with E-state index in [0.29, 0.717) is 42.3 Å². The molecule has 1 saturated heterocycles. The van der Waals surface area contributed by atoms with E-state index in [1.165, 1.54) is 29.2 Å². The van der Waals surface area contributed by atoms with Crippen molar-refractivity contribution in [2.75, 3.05) is 19.8 Å². The van der Waals surface area contributed by atoms with Crippen LogP contribution in [-0.2, 0) is 16.0 Å². The maximum atomic E-state index is 13.6. The van der Waals surface area contributed by atoms with Crippen LogP contribution in [-0.4, -0.2) is 41.5 Å². The fourth-order valence-electron chi connectivity index (χ4n) is 4.34. The normalized spacial score (nSPS) is 18.9. The summed E-state index contributed by atoms with van der Waals surface area (Å²) in [5.74, 6) is -1.24. The van der Waals surface area contributed by atoms with Crippen molar-refractivity contribution in [3.63, 3.8) is 0 Å². The van der Waals surface area contributed by atoms with E-state index in [9.17, 15) is 19.1 Å². The van der Waals surface area contributed by atoms with E-state index in [4.69, 9.17) is 9.47 Å². The molecule has 2 aliphatic rings. The zero-order chi connectivity index (χ0) is 23.7. The highest BCUT2D eigenvalue weighted by Crippen LogP contribution is 2.41. The van der Waals surface area contributed by atoms with Gasteiger partial charge >= 0.3 is 0 Å². The monoisotopic (exact) mass is 459 g/mol. The number of fused-ring (bicyclic) bond motifs is 1. The number of hydrogen-bond acceptors (Lipinski definition) is 5. The van der Waals surface area contributed by atoms with E-state index in [-0.39, 0.29) is 17.9 Å². The summed E-state index contributed by atoms with van der Waals surface area (Å²) >= 11 is 0. The van der Waals surface area contributed by atoms with E-state index < -0.39 is 23.5 Å². The lowest BCUT2D eigenvalue weighted by molar-refractivity contribution is -0.139. The molecular formula is C27H22FNO5. The summed E-state index contributed by atoms with van der Waals surface area (Å²) in [5, 5.41) is 11.2. The molecule has 3 aromatic carbocycles. The number of Topliss-reactive ketones (excluding diaryl/α,β-unsaturated/α-hetero) is 1. The van der Waals surface area contributed by atoms with Crippen LogP contribution in [0.2, 0.25) is 0 Å². The number of likely N-dealkylation sites (tertiary alicyclic amines) is 1. The fourth-order valence-corrected chi connectivity index (χ4v) is 4.34. The van der Waals surface area contributed by atoms with Crippen LogP contribution >= 0.6 is 0 Å². The number of carbonyl (C=O) groups is 2. The van der Waals surface area contributed by atoms with Gasteiger partial charge in [0.2, 0.25) is 0 Å². The molecule has 1 fully saturated rings. The molecule has 0 unspecified atom stereocenters. The standard InChI is InChI=1S/C27H22FNO5/c28-20-9-6-18(7-10-20)24-23(25(30)19-8-11-21-22(16-19)34-15-14-33-21)26(31)27(32)29(24)13-12-17-4-2-1-3-5-17/h1-11,16,24,30H,12-15H2/t24-/m1/s1. The number of halogens is 1. The fraction of sp³-hybridized carbons (Fsp3) is 0.185. The zero-order valence-electron chi connectivity index (χ0n) is 18.2. The highest BCUT2D eigenvalue weighted by atomic mass is 19.1. The van der Waals surface area contributed by atoms with Gasteiger partial charge in [-0.1, -0.05) is 42.5 Å². The highest BCUT2D eigenvalue weighted by Gasteiger charge is 2.45. The average Bonchev–Trinajstić information content (AvgIpc) is 3.12. The summed E-state index contributed by atoms with van der Waals surface area (Å²) in [6.45, 7) is 1.06. The van der Waals surface area contributed by atoms with Gasteiger partial charge in [-0.25, -0.2) is 4.39 Å². The van der Waals surface area contributed by atoms with Gasteiger partial charge in [0, 0.05) is 12.1 Å². The molecule has 34 heavy (non-hydrogen) atoms. The van der Waals surface area contributed by atoms with Crippen molar-refractivity contribution in [2.24, 2.45) is 0 Å². The lowest BCUT2D eigenvalue weighted by Crippen LogP contribution is -2.31. The smallest absolute Gasteiger partial charge is 0.295 e. The van der Waals surface area contributed by atoms with Crippen LogP contribution in [0.3, 0.4) is 0 Å². The van der Waals surface area contributed by atoms with Gasteiger partial charge in [-0.05, 0) is 47.9 Å². The summed E-state index contributed by atoms with van der Waals surface area (Å²) in [7, 11) is 0. The lowest BCUT2D eigenvalue weighted by atomic mass is 9.95. The minimum absolute atomic E-state index is 0.0404. The number of amides is 1. The van der Waals surface area contributed by atoms with Gasteiger partial charge in [0.15, 0.2) is 11.5 Å². The maximum Gasteiger partial charge on any atom is 0.295 e. The number of aliphatic hydroxyl groups is 1. The largest absolute Gasteiger partial charge is 0.507 e.